The number of aryl methyl sites for hydroxylation is 1. The van der Waals surface area contributed by atoms with Crippen molar-refractivity contribution in [1.82, 2.24) is 10.3 Å². The Hall–Kier alpha value is -0.490. The molecule has 0 radical (unpaired) electrons. The number of nitrogens with zero attached hydrogens (tertiary/aromatic N) is 1. The molecule has 1 atom stereocenters. The highest BCUT2D eigenvalue weighted by molar-refractivity contribution is 7.11. The lowest BCUT2D eigenvalue weighted by Gasteiger charge is -2.06. The van der Waals surface area contributed by atoms with Crippen LogP contribution in [0.4, 0.5) is 0 Å². The van der Waals surface area contributed by atoms with Crippen LogP contribution in [0.15, 0.2) is 6.20 Å². The predicted octanol–water partition coefficient (Wildman–Crippen LogP) is -0.106. The van der Waals surface area contributed by atoms with Gasteiger partial charge in [-0.25, -0.2) is 4.98 Å². The number of aromatic nitrogens is 1. The molecule has 0 saturated heterocycles. The maximum atomic E-state index is 9.02. The van der Waals surface area contributed by atoms with E-state index in [1.165, 1.54) is 0 Å². The highest BCUT2D eigenvalue weighted by Gasteiger charge is 2.01. The van der Waals surface area contributed by atoms with E-state index in [2.05, 4.69) is 10.3 Å². The van der Waals surface area contributed by atoms with Crippen molar-refractivity contribution in [3.63, 3.8) is 0 Å². The van der Waals surface area contributed by atoms with Gasteiger partial charge in [0.1, 0.15) is 0 Å². The molecule has 0 aromatic carbocycles. The zero-order chi connectivity index (χ0) is 9.68. The van der Waals surface area contributed by atoms with Gasteiger partial charge >= 0.3 is 0 Å². The molecule has 1 unspecified atom stereocenters. The van der Waals surface area contributed by atoms with Gasteiger partial charge in [-0.15, -0.1) is 11.3 Å². The highest BCUT2D eigenvalue weighted by atomic mass is 32.1. The fraction of sp³-hybridized carbons (Fsp3) is 0.625. The van der Waals surface area contributed by atoms with Crippen LogP contribution in [-0.2, 0) is 6.54 Å². The van der Waals surface area contributed by atoms with Gasteiger partial charge in [-0.05, 0) is 6.92 Å². The average molecular weight is 202 g/mol. The monoisotopic (exact) mass is 202 g/mol. The number of nitrogens with one attached hydrogen (secondary N) is 1. The fourth-order valence-electron chi connectivity index (χ4n) is 0.914. The van der Waals surface area contributed by atoms with E-state index in [1.54, 1.807) is 11.3 Å². The topological polar surface area (TPSA) is 65.4 Å². The number of rotatable bonds is 5. The Morgan fingerprint density at radius 3 is 3.00 bits per heavy atom. The van der Waals surface area contributed by atoms with E-state index in [0.29, 0.717) is 13.1 Å². The molecule has 5 heteroatoms. The number of hydrogen-bond donors (Lipinski definition) is 3. The molecule has 0 fully saturated rings. The minimum atomic E-state index is -0.672. The lowest BCUT2D eigenvalue weighted by molar-refractivity contribution is 0.0943. The van der Waals surface area contributed by atoms with Crippen LogP contribution in [0.1, 0.15) is 9.88 Å². The van der Waals surface area contributed by atoms with Crippen molar-refractivity contribution < 1.29 is 10.2 Å². The third-order valence-corrected chi connectivity index (χ3v) is 2.47. The van der Waals surface area contributed by atoms with E-state index in [0.717, 1.165) is 9.88 Å². The second kappa shape index (κ2) is 5.29. The van der Waals surface area contributed by atoms with Gasteiger partial charge in [0.2, 0.25) is 0 Å². The summed E-state index contributed by atoms with van der Waals surface area (Å²) in [5, 5.41) is 21.6. The molecule has 1 aromatic heterocycles. The van der Waals surface area contributed by atoms with Crippen molar-refractivity contribution >= 4 is 11.3 Å². The smallest absolute Gasteiger partial charge is 0.0897 e. The lowest BCUT2D eigenvalue weighted by atomic mass is 10.4. The van der Waals surface area contributed by atoms with Crippen molar-refractivity contribution in [2.24, 2.45) is 0 Å². The van der Waals surface area contributed by atoms with E-state index < -0.39 is 6.10 Å². The Bertz CT molecular complexity index is 252. The zero-order valence-electron chi connectivity index (χ0n) is 7.53. The van der Waals surface area contributed by atoms with Gasteiger partial charge in [-0.1, -0.05) is 0 Å². The van der Waals surface area contributed by atoms with Gasteiger partial charge < -0.3 is 15.5 Å². The van der Waals surface area contributed by atoms with Crippen molar-refractivity contribution in [3.8, 4) is 0 Å². The summed E-state index contributed by atoms with van der Waals surface area (Å²) in [5.74, 6) is 0. The summed E-state index contributed by atoms with van der Waals surface area (Å²) >= 11 is 1.63. The van der Waals surface area contributed by atoms with Gasteiger partial charge in [0.25, 0.3) is 0 Å². The second-order valence-electron chi connectivity index (χ2n) is 2.81. The van der Waals surface area contributed by atoms with Gasteiger partial charge in [0.15, 0.2) is 0 Å². The molecule has 4 nitrogen and oxygen atoms in total. The van der Waals surface area contributed by atoms with E-state index in [9.17, 15) is 0 Å². The Morgan fingerprint density at radius 2 is 2.46 bits per heavy atom. The van der Waals surface area contributed by atoms with Gasteiger partial charge in [-0.3, -0.25) is 0 Å². The van der Waals surface area contributed by atoms with E-state index in [-0.39, 0.29) is 6.61 Å². The van der Waals surface area contributed by atoms with Crippen LogP contribution >= 0.6 is 11.3 Å². The zero-order valence-corrected chi connectivity index (χ0v) is 8.34. The summed E-state index contributed by atoms with van der Waals surface area (Å²) in [6, 6.07) is 0. The summed E-state index contributed by atoms with van der Waals surface area (Å²) in [6.45, 7) is 2.86. The Labute approximate surface area is 81.3 Å². The van der Waals surface area contributed by atoms with Crippen molar-refractivity contribution in [2.45, 2.75) is 19.6 Å². The van der Waals surface area contributed by atoms with Crippen LogP contribution in [0.3, 0.4) is 0 Å². The lowest BCUT2D eigenvalue weighted by Crippen LogP contribution is -2.28. The van der Waals surface area contributed by atoms with Gasteiger partial charge in [0, 0.05) is 24.2 Å². The first-order valence-electron chi connectivity index (χ1n) is 4.13. The van der Waals surface area contributed by atoms with E-state index in [1.807, 2.05) is 13.1 Å². The number of aliphatic hydroxyl groups is 2. The normalized spacial score (nSPS) is 13.2. The Kier molecular flexibility index (Phi) is 4.31. The molecule has 3 N–H and O–H groups in total. The van der Waals surface area contributed by atoms with Crippen LogP contribution in [0, 0.1) is 6.92 Å². The summed E-state index contributed by atoms with van der Waals surface area (Å²) in [5.41, 5.74) is 0. The largest absolute Gasteiger partial charge is 0.394 e. The van der Waals surface area contributed by atoms with Crippen LogP contribution in [-0.4, -0.2) is 34.5 Å². The minimum Gasteiger partial charge on any atom is -0.394 e. The quantitative estimate of drug-likeness (QED) is 0.623. The minimum absolute atomic E-state index is 0.200. The average Bonchev–Trinajstić information content (AvgIpc) is 2.51. The molecule has 1 aromatic rings. The first-order chi connectivity index (χ1) is 6.22. The third kappa shape index (κ3) is 3.82. The maximum Gasteiger partial charge on any atom is 0.0897 e. The molecule has 0 aliphatic carbocycles. The second-order valence-corrected chi connectivity index (χ2v) is 4.13. The standard InChI is InChI=1S/C8H14N2O2S/c1-6-10-4-8(13-6)3-9-2-7(12)5-11/h4,7,9,11-12H,2-3,5H2,1H3. The SMILES string of the molecule is Cc1ncc(CNCC(O)CO)s1. The summed E-state index contributed by atoms with van der Waals surface area (Å²) in [4.78, 5) is 5.24. The van der Waals surface area contributed by atoms with Gasteiger partial charge in [0.05, 0.1) is 17.7 Å². The first kappa shape index (κ1) is 10.6. The third-order valence-electron chi connectivity index (χ3n) is 1.56. The maximum absolute atomic E-state index is 9.02. The number of thiazole rings is 1. The molecule has 0 amide bonds. The van der Waals surface area contributed by atoms with E-state index in [4.69, 9.17) is 10.2 Å². The van der Waals surface area contributed by atoms with Crippen LogP contribution in [0.2, 0.25) is 0 Å². The molecule has 0 spiro atoms. The van der Waals surface area contributed by atoms with Crippen LogP contribution < -0.4 is 5.32 Å². The van der Waals surface area contributed by atoms with Crippen molar-refractivity contribution in [1.29, 1.82) is 0 Å². The van der Waals surface area contributed by atoms with Crippen molar-refractivity contribution in [3.05, 3.63) is 16.1 Å². The molecule has 1 rings (SSSR count). The highest BCUT2D eigenvalue weighted by Crippen LogP contribution is 2.10. The molecule has 0 saturated carbocycles. The van der Waals surface area contributed by atoms with E-state index >= 15 is 0 Å². The molecule has 0 bridgehead atoms. The fourth-order valence-corrected chi connectivity index (χ4v) is 1.68. The molecular formula is C8H14N2O2S. The summed E-state index contributed by atoms with van der Waals surface area (Å²) in [7, 11) is 0. The molecule has 13 heavy (non-hydrogen) atoms. The Morgan fingerprint density at radius 1 is 1.69 bits per heavy atom. The Balaban J connectivity index is 2.20. The molecule has 0 aliphatic rings. The summed E-state index contributed by atoms with van der Waals surface area (Å²) in [6.07, 6.45) is 1.15. The van der Waals surface area contributed by atoms with Crippen LogP contribution in [0.5, 0.6) is 0 Å². The predicted molar refractivity (Wildman–Crippen MR) is 51.7 cm³/mol. The van der Waals surface area contributed by atoms with Gasteiger partial charge in [-0.2, -0.15) is 0 Å². The van der Waals surface area contributed by atoms with Crippen molar-refractivity contribution in [2.75, 3.05) is 13.2 Å². The molecule has 74 valence electrons. The molecular weight excluding hydrogens is 188 g/mol. The molecule has 1 heterocycles. The molecule has 0 aliphatic heterocycles. The number of aliphatic hydroxyl groups excluding tert-OH is 2. The number of hydrogen-bond acceptors (Lipinski definition) is 5. The summed E-state index contributed by atoms with van der Waals surface area (Å²) < 4.78 is 0. The van der Waals surface area contributed by atoms with Crippen LogP contribution in [0.25, 0.3) is 0 Å². The first-order valence-corrected chi connectivity index (χ1v) is 4.95.